The molecular formula is C14H24Cl2N4O2. The minimum absolute atomic E-state index is 0. The standard InChI is InChI=1S/C14H22N4O2.2ClH/c1-3-14(4-2,10-15)13(20)17-9-12(19)18-11-6-5-7-16-8-11;;/h5-8H,3-4,9-10,15H2,1-2H3,(H,17,20)(H,18,19);2*1H. The number of rotatable bonds is 7. The smallest absolute Gasteiger partial charge is 0.243 e. The molecule has 1 rings (SSSR count). The van der Waals surface area contributed by atoms with Gasteiger partial charge in [0.15, 0.2) is 0 Å². The van der Waals surface area contributed by atoms with Gasteiger partial charge in [0.1, 0.15) is 0 Å². The zero-order chi connectivity index (χ0) is 15.0. The second-order valence-corrected chi connectivity index (χ2v) is 4.66. The Kier molecular flexibility index (Phi) is 11.7. The number of hydrogen-bond acceptors (Lipinski definition) is 4. The van der Waals surface area contributed by atoms with Crippen LogP contribution in [-0.4, -0.2) is 29.9 Å². The first-order valence-corrected chi connectivity index (χ1v) is 6.76. The molecule has 0 bridgehead atoms. The molecule has 4 N–H and O–H groups in total. The highest BCUT2D eigenvalue weighted by molar-refractivity contribution is 5.95. The van der Waals surface area contributed by atoms with E-state index in [1.54, 1.807) is 24.5 Å². The molecule has 0 aromatic carbocycles. The molecular weight excluding hydrogens is 327 g/mol. The summed E-state index contributed by atoms with van der Waals surface area (Å²) in [6.07, 6.45) is 4.46. The highest BCUT2D eigenvalue weighted by Crippen LogP contribution is 2.24. The van der Waals surface area contributed by atoms with Crippen molar-refractivity contribution >= 4 is 42.3 Å². The lowest BCUT2D eigenvalue weighted by Crippen LogP contribution is -2.47. The number of anilines is 1. The molecule has 0 aliphatic heterocycles. The van der Waals surface area contributed by atoms with Gasteiger partial charge >= 0.3 is 0 Å². The third kappa shape index (κ3) is 6.17. The van der Waals surface area contributed by atoms with Crippen molar-refractivity contribution < 1.29 is 9.59 Å². The predicted molar refractivity (Wildman–Crippen MR) is 92.4 cm³/mol. The molecule has 2 amide bonds. The Morgan fingerprint density at radius 2 is 1.91 bits per heavy atom. The first-order valence-electron chi connectivity index (χ1n) is 6.76. The van der Waals surface area contributed by atoms with Crippen LogP contribution in [0.2, 0.25) is 0 Å². The summed E-state index contributed by atoms with van der Waals surface area (Å²) in [7, 11) is 0. The Labute approximate surface area is 143 Å². The van der Waals surface area contributed by atoms with Crippen LogP contribution in [-0.2, 0) is 9.59 Å². The van der Waals surface area contributed by atoms with Gasteiger partial charge in [0, 0.05) is 12.7 Å². The summed E-state index contributed by atoms with van der Waals surface area (Å²) in [5, 5.41) is 5.30. The van der Waals surface area contributed by atoms with E-state index in [1.807, 2.05) is 13.8 Å². The average molecular weight is 351 g/mol. The van der Waals surface area contributed by atoms with Gasteiger partial charge in [-0.15, -0.1) is 24.8 Å². The Balaban J connectivity index is 0. The van der Waals surface area contributed by atoms with Crippen molar-refractivity contribution in [1.29, 1.82) is 0 Å². The van der Waals surface area contributed by atoms with Crippen LogP contribution >= 0.6 is 24.8 Å². The monoisotopic (exact) mass is 350 g/mol. The molecule has 0 radical (unpaired) electrons. The van der Waals surface area contributed by atoms with Crippen molar-refractivity contribution in [3.8, 4) is 0 Å². The Morgan fingerprint density at radius 3 is 2.36 bits per heavy atom. The maximum Gasteiger partial charge on any atom is 0.243 e. The Bertz CT molecular complexity index is 445. The third-order valence-corrected chi connectivity index (χ3v) is 3.58. The molecule has 0 aliphatic rings. The topological polar surface area (TPSA) is 97.1 Å². The minimum Gasteiger partial charge on any atom is -0.347 e. The van der Waals surface area contributed by atoms with Crippen molar-refractivity contribution in [3.05, 3.63) is 24.5 Å². The largest absolute Gasteiger partial charge is 0.347 e. The van der Waals surface area contributed by atoms with E-state index < -0.39 is 5.41 Å². The van der Waals surface area contributed by atoms with E-state index in [9.17, 15) is 9.59 Å². The van der Waals surface area contributed by atoms with Crippen LogP contribution in [0.4, 0.5) is 5.69 Å². The maximum absolute atomic E-state index is 12.1. The average Bonchev–Trinajstić information content (AvgIpc) is 2.48. The Morgan fingerprint density at radius 1 is 1.27 bits per heavy atom. The molecule has 6 nitrogen and oxygen atoms in total. The van der Waals surface area contributed by atoms with Crippen LogP contribution in [0.15, 0.2) is 24.5 Å². The zero-order valence-electron chi connectivity index (χ0n) is 12.8. The van der Waals surface area contributed by atoms with E-state index in [1.165, 1.54) is 0 Å². The fraction of sp³-hybridized carbons (Fsp3) is 0.500. The number of pyridine rings is 1. The second kappa shape index (κ2) is 11.2. The van der Waals surface area contributed by atoms with Crippen molar-refractivity contribution in [3.63, 3.8) is 0 Å². The van der Waals surface area contributed by atoms with E-state index in [4.69, 9.17) is 5.73 Å². The van der Waals surface area contributed by atoms with Crippen LogP contribution in [0.25, 0.3) is 0 Å². The number of amides is 2. The number of nitrogens with zero attached hydrogens (tertiary/aromatic N) is 1. The highest BCUT2D eigenvalue weighted by Gasteiger charge is 2.33. The number of carbonyl (C=O) groups is 2. The van der Waals surface area contributed by atoms with Crippen LogP contribution in [0.1, 0.15) is 26.7 Å². The molecule has 0 spiro atoms. The SMILES string of the molecule is CCC(CC)(CN)C(=O)NCC(=O)Nc1cccnc1.Cl.Cl. The van der Waals surface area contributed by atoms with Gasteiger partial charge in [-0.1, -0.05) is 13.8 Å². The van der Waals surface area contributed by atoms with Gasteiger partial charge in [-0.3, -0.25) is 14.6 Å². The molecule has 0 saturated carbocycles. The summed E-state index contributed by atoms with van der Waals surface area (Å²) in [5.41, 5.74) is 5.70. The molecule has 0 aliphatic carbocycles. The molecule has 0 fully saturated rings. The van der Waals surface area contributed by atoms with Gasteiger partial charge in [-0.25, -0.2) is 0 Å². The molecule has 0 unspecified atom stereocenters. The van der Waals surface area contributed by atoms with Crippen molar-refractivity contribution in [2.75, 3.05) is 18.4 Å². The summed E-state index contributed by atoms with van der Waals surface area (Å²) < 4.78 is 0. The number of nitrogens with one attached hydrogen (secondary N) is 2. The number of nitrogens with two attached hydrogens (primary N) is 1. The molecule has 1 aromatic heterocycles. The summed E-state index contributed by atoms with van der Waals surface area (Å²) in [4.78, 5) is 27.7. The minimum atomic E-state index is -0.589. The van der Waals surface area contributed by atoms with Crippen molar-refractivity contribution in [2.45, 2.75) is 26.7 Å². The lowest BCUT2D eigenvalue weighted by molar-refractivity contribution is -0.132. The van der Waals surface area contributed by atoms with E-state index in [0.29, 0.717) is 18.5 Å². The van der Waals surface area contributed by atoms with Gasteiger partial charge in [-0.05, 0) is 25.0 Å². The molecule has 8 heteroatoms. The van der Waals surface area contributed by atoms with E-state index in [0.717, 1.165) is 0 Å². The summed E-state index contributed by atoms with van der Waals surface area (Å²) in [5.74, 6) is -0.462. The number of carbonyl (C=O) groups excluding carboxylic acids is 2. The van der Waals surface area contributed by atoms with Gasteiger partial charge < -0.3 is 16.4 Å². The first kappa shape index (κ1) is 22.9. The number of hydrogen-bond donors (Lipinski definition) is 3. The van der Waals surface area contributed by atoms with E-state index in [2.05, 4.69) is 15.6 Å². The van der Waals surface area contributed by atoms with Crippen LogP contribution in [0.5, 0.6) is 0 Å². The fourth-order valence-electron chi connectivity index (χ4n) is 1.94. The normalized spacial score (nSPS) is 9.95. The molecule has 1 aromatic rings. The summed E-state index contributed by atoms with van der Waals surface area (Å²) in [6, 6.07) is 3.46. The fourth-order valence-corrected chi connectivity index (χ4v) is 1.94. The first-order chi connectivity index (χ1) is 9.57. The van der Waals surface area contributed by atoms with Crippen LogP contribution < -0.4 is 16.4 Å². The quantitative estimate of drug-likeness (QED) is 0.697. The van der Waals surface area contributed by atoms with Crippen molar-refractivity contribution in [1.82, 2.24) is 10.3 Å². The molecule has 1 heterocycles. The van der Waals surface area contributed by atoms with Gasteiger partial charge in [-0.2, -0.15) is 0 Å². The Hall–Kier alpha value is -1.37. The zero-order valence-corrected chi connectivity index (χ0v) is 14.4. The summed E-state index contributed by atoms with van der Waals surface area (Å²) in [6.45, 7) is 4.04. The second-order valence-electron chi connectivity index (χ2n) is 4.66. The molecule has 126 valence electrons. The highest BCUT2D eigenvalue weighted by atomic mass is 35.5. The lowest BCUT2D eigenvalue weighted by atomic mass is 9.81. The summed E-state index contributed by atoms with van der Waals surface area (Å²) >= 11 is 0. The third-order valence-electron chi connectivity index (χ3n) is 3.58. The predicted octanol–water partition coefficient (Wildman–Crippen LogP) is 1.75. The van der Waals surface area contributed by atoms with Gasteiger partial charge in [0.25, 0.3) is 0 Å². The molecule has 0 atom stereocenters. The lowest BCUT2D eigenvalue weighted by Gasteiger charge is -2.28. The molecule has 22 heavy (non-hydrogen) atoms. The van der Waals surface area contributed by atoms with E-state index >= 15 is 0 Å². The maximum atomic E-state index is 12.1. The van der Waals surface area contributed by atoms with E-state index in [-0.39, 0.29) is 49.7 Å². The number of halogens is 2. The van der Waals surface area contributed by atoms with Crippen molar-refractivity contribution in [2.24, 2.45) is 11.1 Å². The van der Waals surface area contributed by atoms with Gasteiger partial charge in [0.05, 0.1) is 23.8 Å². The molecule has 0 saturated heterocycles. The van der Waals surface area contributed by atoms with Crippen LogP contribution in [0.3, 0.4) is 0 Å². The van der Waals surface area contributed by atoms with Crippen LogP contribution in [0, 0.1) is 5.41 Å². The van der Waals surface area contributed by atoms with Gasteiger partial charge in [0.2, 0.25) is 11.8 Å². The number of aromatic nitrogens is 1.